The van der Waals surface area contributed by atoms with E-state index >= 15 is 19.2 Å². The molecule has 0 aliphatic carbocycles. The number of hydrazone groups is 2. The molecule has 0 saturated heterocycles. The van der Waals surface area contributed by atoms with Crippen molar-refractivity contribution in [2.75, 3.05) is 29.6 Å². The Hall–Kier alpha value is -9.47. The zero-order valence-corrected chi connectivity index (χ0v) is 69.9. The monoisotopic (exact) mass is 1620 g/mol. The van der Waals surface area contributed by atoms with Gasteiger partial charge < -0.3 is 28.4 Å². The summed E-state index contributed by atoms with van der Waals surface area (Å²) >= 11 is 34.1. The third kappa shape index (κ3) is 22.4. The fraction of sp³-hybridized carbons (Fsp3) is 0.443. The zero-order chi connectivity index (χ0) is 83.6. The van der Waals surface area contributed by atoms with E-state index in [0.717, 1.165) is 60.0 Å². The summed E-state index contributed by atoms with van der Waals surface area (Å²) < 4.78 is 35.3. The van der Waals surface area contributed by atoms with E-state index in [2.05, 4.69) is 10.2 Å². The lowest BCUT2D eigenvalue weighted by Gasteiger charge is -2.31. The normalized spacial score (nSPS) is 12.2. The van der Waals surface area contributed by atoms with E-state index in [4.69, 9.17) is 86.4 Å². The number of imide groups is 4. The maximum atomic E-state index is 15.7. The molecule has 0 saturated carbocycles. The van der Waals surface area contributed by atoms with E-state index < -0.39 is 145 Å². The first-order chi connectivity index (χ1) is 50.8. The molecular formula is C79H95Cl5N8O18. The van der Waals surface area contributed by atoms with Gasteiger partial charge in [-0.3, -0.25) is 28.8 Å². The van der Waals surface area contributed by atoms with Crippen LogP contribution in [0, 0.1) is 20.8 Å². The van der Waals surface area contributed by atoms with Gasteiger partial charge in [0.15, 0.2) is 23.0 Å². The molecule has 5 aromatic carbocycles. The second-order valence-corrected chi connectivity index (χ2v) is 31.3. The fourth-order valence-electron chi connectivity index (χ4n) is 9.23. The first kappa shape index (κ1) is 91.1. The number of anilines is 6. The Labute approximate surface area is 666 Å². The Balaban J connectivity index is 1.85. The minimum absolute atomic E-state index is 0.0141. The Morgan fingerprint density at radius 3 is 0.900 bits per heavy atom. The number of carbonyl (C=O) groups is 12. The molecule has 26 nitrogen and oxygen atoms in total. The highest BCUT2D eigenvalue weighted by Crippen LogP contribution is 2.40. The van der Waals surface area contributed by atoms with Gasteiger partial charge >= 0.3 is 36.6 Å². The molecule has 10 amide bonds. The number of carbonyl (C=O) groups excluding carboxylic acids is 12. The predicted octanol–water partition coefficient (Wildman–Crippen LogP) is 20.7. The molecule has 0 atom stereocenters. The molecule has 0 radical (unpaired) electrons. The van der Waals surface area contributed by atoms with Crippen LogP contribution in [0.5, 0.6) is 0 Å². The van der Waals surface area contributed by atoms with Crippen molar-refractivity contribution in [1.82, 2.24) is 0 Å². The Bertz CT molecular complexity index is 4250. The van der Waals surface area contributed by atoms with Gasteiger partial charge in [-0.1, -0.05) is 112 Å². The van der Waals surface area contributed by atoms with E-state index in [1.165, 1.54) is 98.7 Å². The molecule has 0 aliphatic rings. The van der Waals surface area contributed by atoms with Crippen LogP contribution in [0.3, 0.4) is 0 Å². The van der Waals surface area contributed by atoms with Crippen LogP contribution in [0.25, 0.3) is 0 Å². The van der Waals surface area contributed by atoms with Crippen molar-refractivity contribution >= 4 is 175 Å². The average Bonchev–Trinajstić information content (AvgIpc) is 0.769. The lowest BCUT2D eigenvalue weighted by molar-refractivity contribution is -0.117. The SMILES string of the molecule is CCC(C)(C)OC(=O)N(N=C(C(C)=O)C(=O)N(C(=O)OC(C)(C)CC)c1cc(Cl)c(N(C(=O)OC(C)(C)CC)C(=O)C(=NN(C(=O)OC(C)(C)CC)c2cc(C(=O)N(C(=O)OC(C)(C)CC)c3cccc(Cl)c3C)ccc2Cl)C(C)=O)cc1C)c1cc(C(=O)N(C(=O)OC(C)(C)CC)c2cccc(Cl)c2C)ccc1Cl. The van der Waals surface area contributed by atoms with Crippen molar-refractivity contribution in [3.63, 3.8) is 0 Å². The number of ketones is 2. The summed E-state index contributed by atoms with van der Waals surface area (Å²) in [6.45, 7) is 35.0. The number of amides is 10. The molecule has 0 aliphatic heterocycles. The van der Waals surface area contributed by atoms with Gasteiger partial charge in [-0.2, -0.15) is 20.2 Å². The number of nitrogens with zero attached hydrogens (tertiary/aromatic N) is 8. The second kappa shape index (κ2) is 36.6. The van der Waals surface area contributed by atoms with Crippen molar-refractivity contribution < 1.29 is 86.0 Å². The molecule has 0 bridgehead atoms. The Morgan fingerprint density at radius 1 is 0.327 bits per heavy atom. The molecular weight excluding hydrogens is 1530 g/mol. The summed E-state index contributed by atoms with van der Waals surface area (Å²) in [5.74, 6) is -7.76. The van der Waals surface area contributed by atoms with Gasteiger partial charge in [0, 0.05) is 35.0 Å². The smallest absolute Gasteiger partial charge is 0.435 e. The van der Waals surface area contributed by atoms with Gasteiger partial charge in [0.2, 0.25) is 0 Å². The van der Waals surface area contributed by atoms with Gasteiger partial charge in [-0.25, -0.2) is 48.4 Å². The van der Waals surface area contributed by atoms with Gasteiger partial charge in [-0.15, -0.1) is 0 Å². The third-order valence-electron chi connectivity index (χ3n) is 18.2. The van der Waals surface area contributed by atoms with Crippen molar-refractivity contribution in [2.45, 2.75) is 231 Å². The molecule has 31 heteroatoms. The molecule has 0 N–H and O–H groups in total. The second-order valence-electron chi connectivity index (χ2n) is 29.3. The quantitative estimate of drug-likeness (QED) is 0.0215. The number of benzene rings is 5. The molecule has 5 aromatic rings. The number of hydrogen-bond acceptors (Lipinski definition) is 20. The highest BCUT2D eigenvalue weighted by atomic mass is 35.5. The van der Waals surface area contributed by atoms with E-state index in [1.54, 1.807) is 95.2 Å². The van der Waals surface area contributed by atoms with Crippen LogP contribution in [0.1, 0.15) is 214 Å². The van der Waals surface area contributed by atoms with Gasteiger partial charge in [-0.05, 0) is 232 Å². The largest absolute Gasteiger partial charge is 0.443 e. The maximum absolute atomic E-state index is 15.7. The summed E-state index contributed by atoms with van der Waals surface area (Å²) in [5, 5.41) is 8.39. The zero-order valence-electron chi connectivity index (χ0n) is 66.1. The first-order valence-electron chi connectivity index (χ1n) is 35.3. The molecule has 594 valence electrons. The fourth-order valence-corrected chi connectivity index (χ4v) is 10.2. The maximum Gasteiger partial charge on any atom is 0.435 e. The number of halogens is 5. The molecule has 0 aromatic heterocycles. The average molecular weight is 1620 g/mol. The molecule has 0 fully saturated rings. The number of ether oxygens (including phenoxy) is 6. The minimum atomic E-state index is -1.64. The lowest BCUT2D eigenvalue weighted by atomic mass is 10.1. The van der Waals surface area contributed by atoms with Crippen molar-refractivity contribution in [1.29, 1.82) is 0 Å². The molecule has 0 unspecified atom stereocenters. The summed E-state index contributed by atoms with van der Waals surface area (Å²) in [7, 11) is 0. The highest BCUT2D eigenvalue weighted by Gasteiger charge is 2.43. The lowest BCUT2D eigenvalue weighted by Crippen LogP contribution is -2.48. The topological polar surface area (TPSA) is 304 Å². The van der Waals surface area contributed by atoms with Crippen LogP contribution in [0.15, 0.2) is 95.1 Å². The van der Waals surface area contributed by atoms with Crippen LogP contribution < -0.4 is 29.6 Å². The summed E-state index contributed by atoms with van der Waals surface area (Å²) in [6, 6.07) is 17.7. The van der Waals surface area contributed by atoms with Gasteiger partial charge in [0.1, 0.15) is 33.6 Å². The summed E-state index contributed by atoms with van der Waals surface area (Å²) in [5.41, 5.74) is -12.5. The Morgan fingerprint density at radius 2 is 0.609 bits per heavy atom. The summed E-state index contributed by atoms with van der Waals surface area (Å²) in [6.07, 6.45) is -6.76. The Kier molecular flexibility index (Phi) is 30.3. The van der Waals surface area contributed by atoms with Crippen LogP contribution in [-0.4, -0.2) is 117 Å². The van der Waals surface area contributed by atoms with E-state index in [0.29, 0.717) is 38.9 Å². The van der Waals surface area contributed by atoms with E-state index in [-0.39, 0.29) is 78.7 Å². The third-order valence-corrected chi connectivity index (χ3v) is 20.0. The number of aryl methyl sites for hydroxylation is 1. The van der Waals surface area contributed by atoms with Crippen molar-refractivity contribution in [2.24, 2.45) is 10.2 Å². The first-order valence-corrected chi connectivity index (χ1v) is 37.1. The van der Waals surface area contributed by atoms with Crippen LogP contribution >= 0.6 is 58.0 Å². The number of Topliss-reactive ketones (excluding diaryl/α,β-unsaturated/α-hetero) is 2. The van der Waals surface area contributed by atoms with Crippen LogP contribution in [0.4, 0.5) is 62.9 Å². The van der Waals surface area contributed by atoms with E-state index in [1.807, 2.05) is 0 Å². The summed E-state index contributed by atoms with van der Waals surface area (Å²) in [4.78, 5) is 181. The van der Waals surface area contributed by atoms with Crippen LogP contribution in [-0.2, 0) is 47.6 Å². The van der Waals surface area contributed by atoms with E-state index in [9.17, 15) is 38.4 Å². The number of hydrogen-bond donors (Lipinski definition) is 0. The minimum Gasteiger partial charge on any atom is -0.443 e. The van der Waals surface area contributed by atoms with Gasteiger partial charge in [0.05, 0.1) is 49.2 Å². The van der Waals surface area contributed by atoms with Crippen molar-refractivity contribution in [3.8, 4) is 0 Å². The molecule has 110 heavy (non-hydrogen) atoms. The number of rotatable bonds is 26. The molecule has 0 heterocycles. The predicted molar refractivity (Wildman–Crippen MR) is 426 cm³/mol. The van der Waals surface area contributed by atoms with Crippen LogP contribution in [0.2, 0.25) is 25.1 Å². The van der Waals surface area contributed by atoms with Gasteiger partial charge in [0.25, 0.3) is 23.6 Å². The molecule has 0 spiro atoms. The standard InChI is InChI=1S/C79H95Cl5N8O18/c1-24-74(12,13)105-68(99)87(56-34-30-32-51(80)45(56)8)64(95)49-36-38-53(82)60(41-49)91(72(103)109-78(20,21)28-5)85-62(47(10)93)66(97)89(70(101)107-76(16,17)26-3)58-43-55(84)59(40-44(58)7)90(71(102)108-77(18,19)27-4)67(98)63(48(11)94)86-92(73(104)110-79(22,23)29-6)61-42-50(37-39-54(61)83)65(96)88(69(100)106-75(14,15)25-2)57-35-31-33-52(81)46(57)9/h30-43H,24-29H2,1-23H3. The highest BCUT2D eigenvalue weighted by molar-refractivity contribution is 6.70. The van der Waals surface area contributed by atoms with Crippen molar-refractivity contribution in [3.05, 3.63) is 138 Å². The molecule has 5 rings (SSSR count).